The second kappa shape index (κ2) is 4.97. The Morgan fingerprint density at radius 2 is 2.00 bits per heavy atom. The second-order valence-corrected chi connectivity index (χ2v) is 4.19. The van der Waals surface area contributed by atoms with E-state index in [1.54, 1.807) is 18.2 Å². The van der Waals surface area contributed by atoms with Crippen LogP contribution in [0.4, 0.5) is 15.8 Å². The summed E-state index contributed by atoms with van der Waals surface area (Å²) in [5.74, 6) is -1.60. The van der Waals surface area contributed by atoms with Crippen LogP contribution in [0.25, 0.3) is 0 Å². The van der Waals surface area contributed by atoms with E-state index >= 15 is 0 Å². The number of nitrogens with one attached hydrogen (secondary N) is 1. The van der Waals surface area contributed by atoms with Crippen molar-refractivity contribution in [2.75, 3.05) is 11.1 Å². The molecule has 0 aromatic heterocycles. The molecular weight excluding hydrogens is 247 g/mol. The van der Waals surface area contributed by atoms with Gasteiger partial charge in [0.15, 0.2) is 0 Å². The van der Waals surface area contributed by atoms with Gasteiger partial charge in [0.1, 0.15) is 11.6 Å². The maximum Gasteiger partial charge on any atom is 0.258 e. The number of carbonyl (C=O) groups is 1. The molecule has 4 N–H and O–H groups in total. The highest BCUT2D eigenvalue weighted by molar-refractivity contribution is 6.04. The van der Waals surface area contributed by atoms with E-state index in [1.807, 2.05) is 6.92 Å². The van der Waals surface area contributed by atoms with Crippen LogP contribution < -0.4 is 11.1 Å². The Morgan fingerprint density at radius 3 is 2.63 bits per heavy atom. The fourth-order valence-corrected chi connectivity index (χ4v) is 1.60. The van der Waals surface area contributed by atoms with Gasteiger partial charge in [0, 0.05) is 17.4 Å². The van der Waals surface area contributed by atoms with Crippen LogP contribution in [0.1, 0.15) is 15.9 Å². The molecule has 0 atom stereocenters. The van der Waals surface area contributed by atoms with Gasteiger partial charge in [-0.15, -0.1) is 0 Å². The molecule has 98 valence electrons. The lowest BCUT2D eigenvalue weighted by molar-refractivity contribution is 0.102. The lowest BCUT2D eigenvalue weighted by Gasteiger charge is -2.08. The van der Waals surface area contributed by atoms with Gasteiger partial charge >= 0.3 is 0 Å². The molecule has 0 bridgehead atoms. The number of aromatic hydroxyl groups is 1. The van der Waals surface area contributed by atoms with Gasteiger partial charge in [-0.2, -0.15) is 0 Å². The summed E-state index contributed by atoms with van der Waals surface area (Å²) in [6.07, 6.45) is 0. The van der Waals surface area contributed by atoms with Crippen LogP contribution in [0.5, 0.6) is 5.75 Å². The van der Waals surface area contributed by atoms with Gasteiger partial charge in [-0.1, -0.05) is 6.07 Å². The minimum absolute atomic E-state index is 0.142. The summed E-state index contributed by atoms with van der Waals surface area (Å²) in [6, 6.07) is 8.41. The van der Waals surface area contributed by atoms with E-state index in [2.05, 4.69) is 5.32 Å². The number of anilines is 2. The second-order valence-electron chi connectivity index (χ2n) is 4.19. The monoisotopic (exact) mass is 260 g/mol. The van der Waals surface area contributed by atoms with Crippen molar-refractivity contribution in [1.29, 1.82) is 0 Å². The Balaban J connectivity index is 2.23. The maximum absolute atomic E-state index is 13.5. The molecule has 1 amide bonds. The first-order valence-electron chi connectivity index (χ1n) is 5.63. The zero-order chi connectivity index (χ0) is 14.0. The molecule has 5 heteroatoms. The van der Waals surface area contributed by atoms with Gasteiger partial charge in [-0.05, 0) is 36.8 Å². The van der Waals surface area contributed by atoms with Crippen LogP contribution in [0.15, 0.2) is 36.4 Å². The van der Waals surface area contributed by atoms with Crippen LogP contribution in [0, 0.1) is 12.7 Å². The fraction of sp³-hybridized carbons (Fsp3) is 0.0714. The first-order valence-corrected chi connectivity index (χ1v) is 5.63. The number of phenolic OH excluding ortho intramolecular Hbond substituents is 1. The first-order chi connectivity index (χ1) is 8.97. The van der Waals surface area contributed by atoms with Crippen molar-refractivity contribution in [3.63, 3.8) is 0 Å². The van der Waals surface area contributed by atoms with Crippen molar-refractivity contribution in [2.45, 2.75) is 6.92 Å². The van der Waals surface area contributed by atoms with E-state index < -0.39 is 11.7 Å². The fourth-order valence-electron chi connectivity index (χ4n) is 1.60. The van der Waals surface area contributed by atoms with E-state index in [0.717, 1.165) is 11.6 Å². The highest BCUT2D eigenvalue weighted by Crippen LogP contribution is 2.19. The third-order valence-electron chi connectivity index (χ3n) is 2.73. The molecule has 0 aliphatic carbocycles. The van der Waals surface area contributed by atoms with Crippen molar-refractivity contribution in [3.05, 3.63) is 53.3 Å². The maximum atomic E-state index is 13.5. The summed E-state index contributed by atoms with van der Waals surface area (Å²) in [4.78, 5) is 11.9. The lowest BCUT2D eigenvalue weighted by Crippen LogP contribution is -2.13. The number of benzene rings is 2. The summed E-state index contributed by atoms with van der Waals surface area (Å²) in [6.45, 7) is 1.85. The SMILES string of the molecule is Cc1ccc(NC(=O)c2ccc(O)cc2F)cc1N. The number of rotatable bonds is 2. The van der Waals surface area contributed by atoms with Crippen molar-refractivity contribution < 1.29 is 14.3 Å². The number of amides is 1. The summed E-state index contributed by atoms with van der Waals surface area (Å²) >= 11 is 0. The number of carbonyl (C=O) groups excluding carboxylic acids is 1. The van der Waals surface area contributed by atoms with Gasteiger partial charge < -0.3 is 16.2 Å². The molecule has 0 aliphatic rings. The number of halogens is 1. The third kappa shape index (κ3) is 2.82. The highest BCUT2D eigenvalue weighted by Gasteiger charge is 2.12. The average Bonchev–Trinajstić information content (AvgIpc) is 2.33. The number of nitrogens with two attached hydrogens (primary N) is 1. The van der Waals surface area contributed by atoms with E-state index in [-0.39, 0.29) is 11.3 Å². The number of aryl methyl sites for hydroxylation is 1. The van der Waals surface area contributed by atoms with Crippen molar-refractivity contribution in [3.8, 4) is 5.75 Å². The Bertz CT molecular complexity index is 641. The molecule has 0 saturated heterocycles. The standard InChI is InChI=1S/C14H13FN2O2/c1-8-2-3-9(6-13(8)16)17-14(19)11-5-4-10(18)7-12(11)15/h2-7,18H,16H2,1H3,(H,17,19). The summed E-state index contributed by atoms with van der Waals surface area (Å²) < 4.78 is 13.5. The molecule has 0 radical (unpaired) electrons. The molecular formula is C14H13FN2O2. The van der Waals surface area contributed by atoms with Crippen LogP contribution >= 0.6 is 0 Å². The van der Waals surface area contributed by atoms with Crippen molar-refractivity contribution >= 4 is 17.3 Å². The summed E-state index contributed by atoms with van der Waals surface area (Å²) in [5, 5.41) is 11.6. The Kier molecular flexibility index (Phi) is 3.37. The minimum Gasteiger partial charge on any atom is -0.508 e. The molecule has 0 unspecified atom stereocenters. The molecule has 0 aliphatic heterocycles. The van der Waals surface area contributed by atoms with Gasteiger partial charge in [0.05, 0.1) is 5.56 Å². The van der Waals surface area contributed by atoms with Crippen molar-refractivity contribution in [2.24, 2.45) is 0 Å². The molecule has 0 saturated carbocycles. The summed E-state index contributed by atoms with van der Waals surface area (Å²) in [7, 11) is 0. The average molecular weight is 260 g/mol. The van der Waals surface area contributed by atoms with Crippen LogP contribution in [-0.4, -0.2) is 11.0 Å². The van der Waals surface area contributed by atoms with Crippen molar-refractivity contribution in [1.82, 2.24) is 0 Å². The summed E-state index contributed by atoms with van der Waals surface area (Å²) in [5.41, 5.74) is 7.51. The predicted octanol–water partition coefficient (Wildman–Crippen LogP) is 2.67. The first kappa shape index (κ1) is 12.9. The van der Waals surface area contributed by atoms with Crippen LogP contribution in [0.2, 0.25) is 0 Å². The van der Waals surface area contributed by atoms with Gasteiger partial charge in [0.2, 0.25) is 0 Å². The van der Waals surface area contributed by atoms with E-state index in [4.69, 9.17) is 10.8 Å². The van der Waals surface area contributed by atoms with Crippen LogP contribution in [0.3, 0.4) is 0 Å². The largest absolute Gasteiger partial charge is 0.508 e. The molecule has 2 aromatic rings. The molecule has 2 aromatic carbocycles. The molecule has 19 heavy (non-hydrogen) atoms. The number of phenols is 1. The molecule has 0 fully saturated rings. The molecule has 0 heterocycles. The Morgan fingerprint density at radius 1 is 1.26 bits per heavy atom. The predicted molar refractivity (Wildman–Crippen MR) is 71.6 cm³/mol. The zero-order valence-corrected chi connectivity index (χ0v) is 10.3. The van der Waals surface area contributed by atoms with Crippen LogP contribution in [-0.2, 0) is 0 Å². The smallest absolute Gasteiger partial charge is 0.258 e. The van der Waals surface area contributed by atoms with Gasteiger partial charge in [-0.25, -0.2) is 4.39 Å². The zero-order valence-electron chi connectivity index (χ0n) is 10.3. The van der Waals surface area contributed by atoms with E-state index in [0.29, 0.717) is 11.4 Å². The lowest BCUT2D eigenvalue weighted by atomic mass is 10.1. The van der Waals surface area contributed by atoms with E-state index in [1.165, 1.54) is 12.1 Å². The molecule has 0 spiro atoms. The number of hydrogen-bond donors (Lipinski definition) is 3. The quantitative estimate of drug-likeness (QED) is 0.727. The number of hydrogen-bond acceptors (Lipinski definition) is 3. The Labute approximate surface area is 109 Å². The third-order valence-corrected chi connectivity index (χ3v) is 2.73. The normalized spacial score (nSPS) is 10.2. The van der Waals surface area contributed by atoms with Gasteiger partial charge in [0.25, 0.3) is 5.91 Å². The van der Waals surface area contributed by atoms with E-state index in [9.17, 15) is 9.18 Å². The Hall–Kier alpha value is -2.56. The van der Waals surface area contributed by atoms with Gasteiger partial charge in [-0.3, -0.25) is 4.79 Å². The minimum atomic E-state index is -0.780. The topological polar surface area (TPSA) is 75.3 Å². The molecule has 2 rings (SSSR count). The molecule has 4 nitrogen and oxygen atoms in total. The highest BCUT2D eigenvalue weighted by atomic mass is 19.1. The number of nitrogen functional groups attached to an aromatic ring is 1.